The number of hydrogen-bond acceptors (Lipinski definition) is 1. The van der Waals surface area contributed by atoms with Crippen LogP contribution in [0, 0.1) is 0 Å². The minimum atomic E-state index is 0. The first kappa shape index (κ1) is 11.5. The highest BCUT2D eigenvalue weighted by Crippen LogP contribution is 2.05. The average molecular weight is 202 g/mol. The molecular formula is C13H18N2. The van der Waals surface area contributed by atoms with Crippen LogP contribution in [0.25, 0.3) is 0 Å². The van der Waals surface area contributed by atoms with E-state index < -0.39 is 0 Å². The maximum Gasteiger partial charge on any atom is 0.108 e. The first-order valence-electron chi connectivity index (χ1n) is 4.94. The summed E-state index contributed by atoms with van der Waals surface area (Å²) in [6.45, 7) is 3.05. The molecule has 0 spiro atoms. The Hall–Kier alpha value is -1.57. The zero-order valence-corrected chi connectivity index (χ0v) is 8.35. The summed E-state index contributed by atoms with van der Waals surface area (Å²) >= 11 is 0. The number of nitrogens with zero attached hydrogens (tertiary/aromatic N) is 2. The molecule has 2 aromatic rings. The second-order valence-electron chi connectivity index (χ2n) is 3.31. The van der Waals surface area contributed by atoms with E-state index in [9.17, 15) is 0 Å². The summed E-state index contributed by atoms with van der Waals surface area (Å²) in [7, 11) is 0. The lowest BCUT2D eigenvalue weighted by Crippen LogP contribution is -2.02. The van der Waals surface area contributed by atoms with Crippen molar-refractivity contribution < 1.29 is 0 Å². The van der Waals surface area contributed by atoms with E-state index in [4.69, 9.17) is 0 Å². The third-order valence-corrected chi connectivity index (χ3v) is 2.31. The third-order valence-electron chi connectivity index (χ3n) is 2.31. The van der Waals surface area contributed by atoms with Crippen molar-refractivity contribution in [3.8, 4) is 0 Å². The molecule has 1 heterocycles. The van der Waals surface area contributed by atoms with Gasteiger partial charge in [-0.25, -0.2) is 4.98 Å². The second kappa shape index (κ2) is 5.35. The number of benzene rings is 1. The molecule has 0 bridgehead atoms. The summed E-state index contributed by atoms with van der Waals surface area (Å²) in [5, 5.41) is 0. The van der Waals surface area contributed by atoms with E-state index in [-0.39, 0.29) is 7.43 Å². The molecule has 0 atom stereocenters. The quantitative estimate of drug-likeness (QED) is 0.747. The van der Waals surface area contributed by atoms with E-state index >= 15 is 0 Å². The Morgan fingerprint density at radius 3 is 2.60 bits per heavy atom. The van der Waals surface area contributed by atoms with Gasteiger partial charge in [0.05, 0.1) is 0 Å². The summed E-state index contributed by atoms with van der Waals surface area (Å²) in [4.78, 5) is 4.29. The predicted octanol–water partition coefficient (Wildman–Crippen LogP) is 3.13. The number of hydrogen-bond donors (Lipinski definition) is 0. The molecule has 1 aromatic carbocycles. The van der Waals surface area contributed by atoms with Gasteiger partial charge < -0.3 is 4.57 Å². The minimum Gasteiger partial charge on any atom is -0.331 e. The van der Waals surface area contributed by atoms with Gasteiger partial charge in [0.25, 0.3) is 0 Å². The molecular weight excluding hydrogens is 184 g/mol. The number of aromatic nitrogens is 2. The Balaban J connectivity index is 0.00000112. The Labute approximate surface area is 91.6 Å². The summed E-state index contributed by atoms with van der Waals surface area (Å²) in [6.07, 6.45) is 4.88. The lowest BCUT2D eigenvalue weighted by atomic mass is 10.2. The summed E-state index contributed by atoms with van der Waals surface area (Å²) in [6, 6.07) is 10.5. The van der Waals surface area contributed by atoms with E-state index in [0.29, 0.717) is 0 Å². The molecule has 0 fully saturated rings. The van der Waals surface area contributed by atoms with Crippen LogP contribution in [0.1, 0.15) is 25.7 Å². The Morgan fingerprint density at radius 2 is 1.93 bits per heavy atom. The zero-order valence-electron chi connectivity index (χ0n) is 8.35. The lowest BCUT2D eigenvalue weighted by Gasteiger charge is -2.05. The Bertz CT molecular complexity index is 390. The van der Waals surface area contributed by atoms with E-state index in [1.54, 1.807) is 0 Å². The van der Waals surface area contributed by atoms with Crippen molar-refractivity contribution >= 4 is 0 Å². The molecule has 0 saturated carbocycles. The van der Waals surface area contributed by atoms with Crippen molar-refractivity contribution in [1.29, 1.82) is 0 Å². The first-order chi connectivity index (χ1) is 6.90. The van der Waals surface area contributed by atoms with Crippen molar-refractivity contribution in [2.45, 2.75) is 27.3 Å². The fourth-order valence-corrected chi connectivity index (χ4v) is 1.58. The summed E-state index contributed by atoms with van der Waals surface area (Å²) in [5.41, 5.74) is 1.32. The molecule has 0 radical (unpaired) electrons. The molecule has 0 aliphatic carbocycles. The highest BCUT2D eigenvalue weighted by molar-refractivity contribution is 5.15. The van der Waals surface area contributed by atoms with Gasteiger partial charge in [-0.15, -0.1) is 0 Å². The van der Waals surface area contributed by atoms with E-state index in [1.165, 1.54) is 5.56 Å². The number of imidazole rings is 1. The topological polar surface area (TPSA) is 17.8 Å². The number of aryl methyl sites for hydroxylation is 1. The molecule has 80 valence electrons. The van der Waals surface area contributed by atoms with Crippen LogP contribution in [0.4, 0.5) is 0 Å². The van der Waals surface area contributed by atoms with Gasteiger partial charge >= 0.3 is 0 Å². The van der Waals surface area contributed by atoms with Gasteiger partial charge in [0.1, 0.15) is 5.82 Å². The normalized spacial score (nSPS) is 9.67. The van der Waals surface area contributed by atoms with Crippen molar-refractivity contribution in [1.82, 2.24) is 9.55 Å². The van der Waals surface area contributed by atoms with Gasteiger partial charge in [-0.3, -0.25) is 0 Å². The largest absolute Gasteiger partial charge is 0.331 e. The second-order valence-corrected chi connectivity index (χ2v) is 3.31. The van der Waals surface area contributed by atoms with Gasteiger partial charge in [-0.05, 0) is 5.56 Å². The van der Waals surface area contributed by atoms with Gasteiger partial charge in [0.15, 0.2) is 0 Å². The molecule has 2 rings (SSSR count). The van der Waals surface area contributed by atoms with E-state index in [0.717, 1.165) is 18.8 Å². The molecule has 0 N–H and O–H groups in total. The molecule has 2 nitrogen and oxygen atoms in total. The van der Waals surface area contributed by atoms with Crippen molar-refractivity contribution in [3.63, 3.8) is 0 Å². The monoisotopic (exact) mass is 202 g/mol. The standard InChI is InChI=1S/C12H14N2.CH4/c1-2-12-13-8-9-14(12)10-11-6-4-3-5-7-11;/h3-9H,2,10H2,1H3;1H4. The number of rotatable bonds is 3. The molecule has 0 amide bonds. The third kappa shape index (κ3) is 2.69. The summed E-state index contributed by atoms with van der Waals surface area (Å²) in [5.74, 6) is 1.15. The van der Waals surface area contributed by atoms with Crippen molar-refractivity contribution in [3.05, 3.63) is 54.1 Å². The Morgan fingerprint density at radius 1 is 1.20 bits per heavy atom. The lowest BCUT2D eigenvalue weighted by molar-refractivity contribution is 0.732. The predicted molar refractivity (Wildman–Crippen MR) is 63.9 cm³/mol. The van der Waals surface area contributed by atoms with Gasteiger partial charge in [-0.2, -0.15) is 0 Å². The average Bonchev–Trinajstić information content (AvgIpc) is 2.67. The summed E-state index contributed by atoms with van der Waals surface area (Å²) < 4.78 is 2.19. The maximum atomic E-state index is 4.29. The molecule has 15 heavy (non-hydrogen) atoms. The van der Waals surface area contributed by atoms with Crippen LogP contribution >= 0.6 is 0 Å². The van der Waals surface area contributed by atoms with Crippen molar-refractivity contribution in [2.75, 3.05) is 0 Å². The van der Waals surface area contributed by atoms with Crippen molar-refractivity contribution in [2.24, 2.45) is 0 Å². The smallest absolute Gasteiger partial charge is 0.108 e. The van der Waals surface area contributed by atoms with Crippen LogP contribution in [0.15, 0.2) is 42.7 Å². The van der Waals surface area contributed by atoms with E-state index in [1.807, 2.05) is 18.5 Å². The maximum absolute atomic E-state index is 4.29. The molecule has 0 unspecified atom stereocenters. The van der Waals surface area contributed by atoms with Gasteiger partial charge in [-0.1, -0.05) is 44.7 Å². The van der Waals surface area contributed by atoms with Crippen LogP contribution in [-0.2, 0) is 13.0 Å². The minimum absolute atomic E-state index is 0. The van der Waals surface area contributed by atoms with Crippen LogP contribution < -0.4 is 0 Å². The Kier molecular flexibility index (Phi) is 4.10. The molecule has 0 aliphatic rings. The van der Waals surface area contributed by atoms with Crippen LogP contribution in [0.5, 0.6) is 0 Å². The molecule has 1 aromatic heterocycles. The zero-order chi connectivity index (χ0) is 9.80. The van der Waals surface area contributed by atoms with Crippen LogP contribution in [0.2, 0.25) is 0 Å². The van der Waals surface area contributed by atoms with Crippen LogP contribution in [0.3, 0.4) is 0 Å². The van der Waals surface area contributed by atoms with Gasteiger partial charge in [0, 0.05) is 25.4 Å². The molecule has 0 aliphatic heterocycles. The SMILES string of the molecule is C.CCc1nccn1Cc1ccccc1. The fraction of sp³-hybridized carbons (Fsp3) is 0.308. The highest BCUT2D eigenvalue weighted by atomic mass is 15.1. The van der Waals surface area contributed by atoms with Crippen LogP contribution in [-0.4, -0.2) is 9.55 Å². The first-order valence-corrected chi connectivity index (χ1v) is 4.94. The van der Waals surface area contributed by atoms with Gasteiger partial charge in [0.2, 0.25) is 0 Å². The molecule has 0 saturated heterocycles. The fourth-order valence-electron chi connectivity index (χ4n) is 1.58. The van der Waals surface area contributed by atoms with E-state index in [2.05, 4.69) is 40.7 Å². The molecule has 2 heteroatoms. The highest BCUT2D eigenvalue weighted by Gasteiger charge is 1.99.